The molecular weight excluding hydrogens is 524 g/mol. The molecule has 0 unspecified atom stereocenters. The lowest BCUT2D eigenvalue weighted by atomic mass is 10.0. The summed E-state index contributed by atoms with van der Waals surface area (Å²) in [7, 11) is 1.71. The first-order valence-electron chi connectivity index (χ1n) is 12.8. The number of piperidine rings is 1. The van der Waals surface area contributed by atoms with Crippen molar-refractivity contribution in [1.29, 1.82) is 0 Å². The van der Waals surface area contributed by atoms with E-state index in [1.54, 1.807) is 17.7 Å². The number of carboxylic acid groups (broad SMARTS) is 1. The molecule has 1 saturated heterocycles. The van der Waals surface area contributed by atoms with Gasteiger partial charge >= 0.3 is 12.1 Å². The number of carboxylic acids is 1. The second-order valence-electron chi connectivity index (χ2n) is 10.6. The molecule has 3 atom stereocenters. The van der Waals surface area contributed by atoms with Gasteiger partial charge in [0.1, 0.15) is 11.3 Å². The monoisotopic (exact) mass is 554 g/mol. The Morgan fingerprint density at radius 3 is 2.49 bits per heavy atom. The van der Waals surface area contributed by atoms with E-state index in [4.69, 9.17) is 21.3 Å². The lowest BCUT2D eigenvalue weighted by Gasteiger charge is -2.25. The lowest BCUT2D eigenvalue weighted by molar-refractivity contribution is 0.0691. The van der Waals surface area contributed by atoms with Crippen LogP contribution in [0, 0.1) is 18.8 Å². The van der Waals surface area contributed by atoms with E-state index in [9.17, 15) is 19.5 Å². The van der Waals surface area contributed by atoms with Crippen LogP contribution in [0.1, 0.15) is 48.4 Å². The minimum Gasteiger partial charge on any atom is -0.476 e. The molecule has 1 amide bonds. The Bertz CT molecular complexity index is 1530. The van der Waals surface area contributed by atoms with Crippen LogP contribution in [-0.2, 0) is 11.8 Å². The number of nitrogens with zero attached hydrogens (tertiary/aromatic N) is 4. The number of ether oxygens (including phenoxy) is 1. The molecule has 39 heavy (non-hydrogen) atoms. The summed E-state index contributed by atoms with van der Waals surface area (Å²) in [4.78, 5) is 48.2. The number of amides is 1. The largest absolute Gasteiger partial charge is 0.476 e. The maximum atomic E-state index is 13.5. The fraction of sp³-hybridized carbons (Fsp3) is 0.444. The Kier molecular flexibility index (Phi) is 6.88. The van der Waals surface area contributed by atoms with Gasteiger partial charge in [0.2, 0.25) is 5.95 Å². The van der Waals surface area contributed by atoms with Crippen molar-refractivity contribution < 1.29 is 19.4 Å². The third kappa shape index (κ3) is 5.10. The second kappa shape index (κ2) is 10.0. The molecule has 3 heterocycles. The van der Waals surface area contributed by atoms with Gasteiger partial charge in [0.25, 0.3) is 5.56 Å². The molecular formula is C27H31ClN6O5. The van der Waals surface area contributed by atoms with Crippen molar-refractivity contribution in [3.63, 3.8) is 0 Å². The van der Waals surface area contributed by atoms with Crippen LogP contribution < -0.4 is 21.1 Å². The van der Waals surface area contributed by atoms with Gasteiger partial charge in [-0.15, -0.1) is 0 Å². The van der Waals surface area contributed by atoms with Crippen LogP contribution in [0.4, 0.5) is 16.4 Å². The predicted molar refractivity (Wildman–Crippen MR) is 148 cm³/mol. The van der Waals surface area contributed by atoms with Crippen molar-refractivity contribution in [3.8, 4) is 0 Å². The first kappa shape index (κ1) is 26.7. The molecule has 206 valence electrons. The second-order valence-corrected chi connectivity index (χ2v) is 11.0. The molecule has 2 fully saturated rings. The van der Waals surface area contributed by atoms with Crippen LogP contribution in [0.15, 0.2) is 29.1 Å². The minimum atomic E-state index is -1.20. The zero-order chi connectivity index (χ0) is 28.2. The van der Waals surface area contributed by atoms with Gasteiger partial charge in [0, 0.05) is 43.6 Å². The number of hydrogen-bond donors (Lipinski definition) is 3. The van der Waals surface area contributed by atoms with Gasteiger partial charge in [-0.2, -0.15) is 0 Å². The molecule has 0 radical (unpaired) electrons. The van der Waals surface area contributed by atoms with E-state index >= 15 is 0 Å². The fourth-order valence-corrected chi connectivity index (χ4v) is 5.53. The summed E-state index contributed by atoms with van der Waals surface area (Å²) in [6.45, 7) is 8.80. The van der Waals surface area contributed by atoms with Crippen molar-refractivity contribution in [2.45, 2.75) is 45.9 Å². The van der Waals surface area contributed by atoms with Crippen molar-refractivity contribution >= 4 is 46.2 Å². The molecule has 2 aliphatic rings. The number of fused-ring (bicyclic) bond motifs is 2. The number of carbonyl (C=O) groups is 2. The Morgan fingerprint density at radius 2 is 1.85 bits per heavy atom. The van der Waals surface area contributed by atoms with Crippen molar-refractivity contribution in [2.24, 2.45) is 18.9 Å². The third-order valence-corrected chi connectivity index (χ3v) is 7.49. The highest BCUT2D eigenvalue weighted by Gasteiger charge is 2.59. The maximum Gasteiger partial charge on any atom is 0.407 e. The predicted octanol–water partition coefficient (Wildman–Crippen LogP) is 3.73. The standard InChI is InChI=1S/C27H31ClN6O5/c1-12(2)29-27(38)39-23-17-10-34(11-18(17)23)26-32-21-15(8-13(3)9-16(21)24(35)33(26)5)14(4)30-19-6-7-20(28)31-22(19)25(36)37/h6-9,12,14,17-18,23,30H,10-11H2,1-5H3,(H,29,38)(H,36,37)/t14-,17+,18+/m0/s1. The zero-order valence-corrected chi connectivity index (χ0v) is 23.1. The normalized spacial score (nSPS) is 20.6. The summed E-state index contributed by atoms with van der Waals surface area (Å²) < 4.78 is 7.13. The highest BCUT2D eigenvalue weighted by atomic mass is 35.5. The first-order valence-corrected chi connectivity index (χ1v) is 13.2. The molecule has 0 bridgehead atoms. The number of halogens is 1. The lowest BCUT2D eigenvalue weighted by Crippen LogP contribution is -2.36. The van der Waals surface area contributed by atoms with E-state index in [0.717, 1.165) is 11.1 Å². The summed E-state index contributed by atoms with van der Waals surface area (Å²) in [5, 5.41) is 16.1. The molecule has 3 N–H and O–H groups in total. The van der Waals surface area contributed by atoms with Crippen LogP contribution in [0.2, 0.25) is 5.15 Å². The van der Waals surface area contributed by atoms with E-state index < -0.39 is 18.1 Å². The summed E-state index contributed by atoms with van der Waals surface area (Å²) in [5.41, 5.74) is 2.13. The van der Waals surface area contributed by atoms with Crippen molar-refractivity contribution in [1.82, 2.24) is 19.9 Å². The van der Waals surface area contributed by atoms with E-state index in [0.29, 0.717) is 35.6 Å². The van der Waals surface area contributed by atoms with E-state index in [1.165, 1.54) is 6.07 Å². The van der Waals surface area contributed by atoms with E-state index in [2.05, 4.69) is 20.5 Å². The average molecular weight is 555 g/mol. The molecule has 2 aromatic heterocycles. The molecule has 0 spiro atoms. The number of aromatic carboxylic acids is 1. The third-order valence-electron chi connectivity index (χ3n) is 7.28. The van der Waals surface area contributed by atoms with Gasteiger partial charge in [-0.1, -0.05) is 17.7 Å². The molecule has 12 heteroatoms. The number of pyridine rings is 1. The van der Waals surface area contributed by atoms with Crippen LogP contribution in [0.3, 0.4) is 0 Å². The minimum absolute atomic E-state index is 0.00491. The topological polar surface area (TPSA) is 139 Å². The quantitative estimate of drug-likeness (QED) is 0.373. The summed E-state index contributed by atoms with van der Waals surface area (Å²) in [6.07, 6.45) is -0.535. The molecule has 5 rings (SSSR count). The number of aryl methyl sites for hydroxylation is 1. The number of alkyl carbamates (subject to hydrolysis) is 1. The number of anilines is 2. The zero-order valence-electron chi connectivity index (χ0n) is 22.4. The Labute approximate surface area is 230 Å². The summed E-state index contributed by atoms with van der Waals surface area (Å²) in [6, 6.07) is 6.46. The van der Waals surface area contributed by atoms with Crippen LogP contribution in [-0.4, -0.2) is 56.9 Å². The van der Waals surface area contributed by atoms with Gasteiger partial charge < -0.3 is 25.4 Å². The smallest absolute Gasteiger partial charge is 0.407 e. The van der Waals surface area contributed by atoms with Gasteiger partial charge in [0.05, 0.1) is 22.6 Å². The van der Waals surface area contributed by atoms with Crippen molar-refractivity contribution in [2.75, 3.05) is 23.3 Å². The Balaban J connectivity index is 1.44. The number of aromatic nitrogens is 3. The van der Waals surface area contributed by atoms with Crippen molar-refractivity contribution in [3.05, 3.63) is 56.6 Å². The number of rotatable bonds is 7. The van der Waals surface area contributed by atoms with Gasteiger partial charge in [-0.3, -0.25) is 9.36 Å². The number of carbonyl (C=O) groups excluding carboxylic acids is 1. The molecule has 11 nitrogen and oxygen atoms in total. The van der Waals surface area contributed by atoms with Gasteiger partial charge in [-0.05, 0) is 51.5 Å². The highest BCUT2D eigenvalue weighted by Crippen LogP contribution is 2.48. The van der Waals surface area contributed by atoms with Crippen LogP contribution in [0.25, 0.3) is 10.9 Å². The Morgan fingerprint density at radius 1 is 1.15 bits per heavy atom. The highest BCUT2D eigenvalue weighted by molar-refractivity contribution is 6.29. The molecule has 1 saturated carbocycles. The number of nitrogens with one attached hydrogen (secondary N) is 2. The van der Waals surface area contributed by atoms with Crippen LogP contribution >= 0.6 is 11.6 Å². The molecule has 1 aliphatic heterocycles. The summed E-state index contributed by atoms with van der Waals surface area (Å²) in [5.74, 6) is -0.269. The molecule has 1 aliphatic carbocycles. The first-order chi connectivity index (χ1) is 18.4. The maximum absolute atomic E-state index is 13.5. The number of hydrogen-bond acceptors (Lipinski definition) is 8. The SMILES string of the molecule is Cc1cc([C@H](C)Nc2ccc(Cl)nc2C(=O)O)c2nc(N3C[C@H]4C(OC(=O)NC(C)C)[C@@H]4C3)n(C)c(=O)c2c1. The Hall–Kier alpha value is -3.86. The fourth-order valence-electron chi connectivity index (χ4n) is 5.38. The molecule has 1 aromatic carbocycles. The van der Waals surface area contributed by atoms with Gasteiger partial charge in [0.15, 0.2) is 5.69 Å². The van der Waals surface area contributed by atoms with E-state index in [1.807, 2.05) is 39.8 Å². The van der Waals surface area contributed by atoms with Gasteiger partial charge in [-0.25, -0.2) is 19.6 Å². The van der Waals surface area contributed by atoms with Crippen LogP contribution in [0.5, 0.6) is 0 Å². The number of benzene rings is 1. The van der Waals surface area contributed by atoms with E-state index in [-0.39, 0.29) is 40.4 Å². The molecule has 3 aromatic rings. The average Bonchev–Trinajstić information content (AvgIpc) is 3.28. The summed E-state index contributed by atoms with van der Waals surface area (Å²) >= 11 is 5.91.